The molecule has 5 heteroatoms. The van der Waals surface area contributed by atoms with Gasteiger partial charge in [-0.15, -0.1) is 0 Å². The lowest BCUT2D eigenvalue weighted by Crippen LogP contribution is -2.31. The Morgan fingerprint density at radius 1 is 1.04 bits per heavy atom. The van der Waals surface area contributed by atoms with Crippen molar-refractivity contribution < 1.29 is 9.84 Å². The fraction of sp³-hybridized carbons (Fsp3) is 0.238. The van der Waals surface area contributed by atoms with Gasteiger partial charge < -0.3 is 9.84 Å². The summed E-state index contributed by atoms with van der Waals surface area (Å²) in [5, 5.41) is 14.6. The summed E-state index contributed by atoms with van der Waals surface area (Å²) < 4.78 is 6.88. The Bertz CT molecular complexity index is 889. The van der Waals surface area contributed by atoms with Crippen LogP contribution in [-0.4, -0.2) is 27.6 Å². The molecule has 0 aliphatic carbocycles. The number of ether oxygens (including phenoxy) is 1. The summed E-state index contributed by atoms with van der Waals surface area (Å²) in [5.74, 6) is 0.694. The average molecular weight is 350 g/mol. The van der Waals surface area contributed by atoms with Crippen LogP contribution in [0.25, 0.3) is 11.3 Å². The molecule has 134 valence electrons. The van der Waals surface area contributed by atoms with Crippen LogP contribution in [0.3, 0.4) is 0 Å². The molecule has 0 bridgehead atoms. The molecule has 0 unspecified atom stereocenters. The van der Waals surface area contributed by atoms with Crippen molar-refractivity contribution in [1.82, 2.24) is 9.78 Å². The van der Waals surface area contributed by atoms with Gasteiger partial charge in [0, 0.05) is 11.6 Å². The van der Waals surface area contributed by atoms with E-state index >= 15 is 0 Å². The van der Waals surface area contributed by atoms with Crippen LogP contribution < -0.4 is 10.3 Å². The topological polar surface area (TPSA) is 64.3 Å². The van der Waals surface area contributed by atoms with E-state index in [1.807, 2.05) is 54.6 Å². The number of nitrogens with zero attached hydrogens (tertiary/aromatic N) is 2. The molecule has 0 saturated heterocycles. The first-order chi connectivity index (χ1) is 12.7. The second-order valence-corrected chi connectivity index (χ2v) is 6.07. The molecule has 0 saturated carbocycles. The Labute approximate surface area is 152 Å². The zero-order valence-electron chi connectivity index (χ0n) is 14.7. The van der Waals surface area contributed by atoms with E-state index in [1.165, 1.54) is 16.3 Å². The largest absolute Gasteiger partial charge is 0.491 e. The molecule has 0 amide bonds. The predicted octanol–water partition coefficient (Wildman–Crippen LogP) is 2.91. The Morgan fingerprint density at radius 2 is 1.77 bits per heavy atom. The lowest BCUT2D eigenvalue weighted by Gasteiger charge is -2.14. The SMILES string of the molecule is CCc1ccc(OC[C@H](O)Cn2nc(-c3ccccc3)ccc2=O)cc1. The first-order valence-electron chi connectivity index (χ1n) is 8.69. The molecule has 1 heterocycles. The highest BCUT2D eigenvalue weighted by Gasteiger charge is 2.10. The minimum absolute atomic E-state index is 0.0759. The summed E-state index contributed by atoms with van der Waals surface area (Å²) in [5.41, 5.74) is 2.58. The second kappa shape index (κ2) is 8.45. The molecule has 5 nitrogen and oxygen atoms in total. The van der Waals surface area contributed by atoms with Gasteiger partial charge in [0.1, 0.15) is 18.5 Å². The monoisotopic (exact) mass is 350 g/mol. The van der Waals surface area contributed by atoms with Gasteiger partial charge in [0.15, 0.2) is 0 Å². The van der Waals surface area contributed by atoms with Crippen LogP contribution in [0.15, 0.2) is 71.5 Å². The maximum Gasteiger partial charge on any atom is 0.266 e. The van der Waals surface area contributed by atoms with Gasteiger partial charge in [0.25, 0.3) is 5.56 Å². The molecule has 2 aromatic carbocycles. The molecule has 0 radical (unpaired) electrons. The molecule has 1 N–H and O–H groups in total. The van der Waals surface area contributed by atoms with Crippen molar-refractivity contribution in [3.05, 3.63) is 82.6 Å². The number of aliphatic hydroxyl groups excluding tert-OH is 1. The maximum absolute atomic E-state index is 12.0. The minimum Gasteiger partial charge on any atom is -0.491 e. The third-order valence-corrected chi connectivity index (χ3v) is 4.09. The molecule has 1 atom stereocenters. The highest BCUT2D eigenvalue weighted by Crippen LogP contribution is 2.15. The van der Waals surface area contributed by atoms with E-state index in [2.05, 4.69) is 12.0 Å². The van der Waals surface area contributed by atoms with Gasteiger partial charge in [-0.25, -0.2) is 4.68 Å². The number of hydrogen-bond acceptors (Lipinski definition) is 4. The maximum atomic E-state index is 12.0. The van der Waals surface area contributed by atoms with Crippen LogP contribution in [0.1, 0.15) is 12.5 Å². The molecule has 3 rings (SSSR count). The van der Waals surface area contributed by atoms with Gasteiger partial charge in [-0.3, -0.25) is 4.79 Å². The molecule has 0 fully saturated rings. The van der Waals surface area contributed by atoms with Crippen molar-refractivity contribution in [3.63, 3.8) is 0 Å². The lowest BCUT2D eigenvalue weighted by molar-refractivity contribution is 0.0880. The van der Waals surface area contributed by atoms with Crippen LogP contribution in [0.5, 0.6) is 5.75 Å². The molecular formula is C21H22N2O3. The van der Waals surface area contributed by atoms with E-state index in [0.29, 0.717) is 11.4 Å². The number of rotatable bonds is 7. The van der Waals surface area contributed by atoms with Crippen LogP contribution in [0.2, 0.25) is 0 Å². The first kappa shape index (κ1) is 17.9. The quantitative estimate of drug-likeness (QED) is 0.712. The fourth-order valence-corrected chi connectivity index (χ4v) is 2.61. The van der Waals surface area contributed by atoms with Gasteiger partial charge in [0.2, 0.25) is 0 Å². The zero-order chi connectivity index (χ0) is 18.4. The smallest absolute Gasteiger partial charge is 0.266 e. The van der Waals surface area contributed by atoms with Gasteiger partial charge in [0.05, 0.1) is 12.2 Å². The van der Waals surface area contributed by atoms with E-state index < -0.39 is 6.10 Å². The van der Waals surface area contributed by atoms with E-state index in [0.717, 1.165) is 12.0 Å². The van der Waals surface area contributed by atoms with Crippen LogP contribution in [0, 0.1) is 0 Å². The highest BCUT2D eigenvalue weighted by molar-refractivity contribution is 5.57. The molecule has 1 aromatic heterocycles. The van der Waals surface area contributed by atoms with Gasteiger partial charge in [-0.05, 0) is 30.2 Å². The predicted molar refractivity (Wildman–Crippen MR) is 101 cm³/mol. The van der Waals surface area contributed by atoms with E-state index in [1.54, 1.807) is 6.07 Å². The average Bonchev–Trinajstić information content (AvgIpc) is 2.69. The Kier molecular flexibility index (Phi) is 5.81. The van der Waals surface area contributed by atoms with Crippen molar-refractivity contribution in [1.29, 1.82) is 0 Å². The molecule has 3 aromatic rings. The van der Waals surface area contributed by atoms with Gasteiger partial charge in [-0.1, -0.05) is 49.4 Å². The Balaban J connectivity index is 1.64. The fourth-order valence-electron chi connectivity index (χ4n) is 2.61. The number of aromatic nitrogens is 2. The third-order valence-electron chi connectivity index (χ3n) is 4.09. The molecular weight excluding hydrogens is 328 g/mol. The van der Waals surface area contributed by atoms with Crippen LogP contribution >= 0.6 is 0 Å². The second-order valence-electron chi connectivity index (χ2n) is 6.07. The summed E-state index contributed by atoms with van der Waals surface area (Å²) in [7, 11) is 0. The Morgan fingerprint density at radius 3 is 2.46 bits per heavy atom. The number of benzene rings is 2. The summed E-state index contributed by atoms with van der Waals surface area (Å²) in [4.78, 5) is 12.0. The van der Waals surface area contributed by atoms with Crippen molar-refractivity contribution in [2.24, 2.45) is 0 Å². The summed E-state index contributed by atoms with van der Waals surface area (Å²) in [6, 6.07) is 20.5. The summed E-state index contributed by atoms with van der Waals surface area (Å²) >= 11 is 0. The van der Waals surface area contributed by atoms with E-state index in [4.69, 9.17) is 4.74 Å². The van der Waals surface area contributed by atoms with Crippen molar-refractivity contribution in [2.45, 2.75) is 26.0 Å². The number of aryl methyl sites for hydroxylation is 1. The third kappa shape index (κ3) is 4.58. The van der Waals surface area contributed by atoms with Crippen LogP contribution in [-0.2, 0) is 13.0 Å². The summed E-state index contributed by atoms with van der Waals surface area (Å²) in [6.45, 7) is 2.26. The standard InChI is InChI=1S/C21H22N2O3/c1-2-16-8-10-19(11-9-16)26-15-18(24)14-23-21(25)13-12-20(22-23)17-6-4-3-5-7-17/h3-13,18,24H,2,14-15H2,1H3/t18-/m1/s1. The normalized spacial score (nSPS) is 11.9. The molecule has 0 aliphatic rings. The van der Waals surface area contributed by atoms with Gasteiger partial charge >= 0.3 is 0 Å². The minimum atomic E-state index is -0.836. The summed E-state index contributed by atoms with van der Waals surface area (Å²) in [6.07, 6.45) is 0.131. The number of hydrogen-bond donors (Lipinski definition) is 1. The number of aliphatic hydroxyl groups is 1. The van der Waals surface area contributed by atoms with E-state index in [-0.39, 0.29) is 18.7 Å². The van der Waals surface area contributed by atoms with Crippen molar-refractivity contribution in [3.8, 4) is 17.0 Å². The first-order valence-corrected chi connectivity index (χ1v) is 8.69. The van der Waals surface area contributed by atoms with Crippen molar-refractivity contribution in [2.75, 3.05) is 6.61 Å². The molecule has 26 heavy (non-hydrogen) atoms. The van der Waals surface area contributed by atoms with E-state index in [9.17, 15) is 9.90 Å². The highest BCUT2D eigenvalue weighted by atomic mass is 16.5. The Hall–Kier alpha value is -2.92. The lowest BCUT2D eigenvalue weighted by atomic mass is 10.1. The molecule has 0 spiro atoms. The molecule has 0 aliphatic heterocycles. The van der Waals surface area contributed by atoms with Crippen LogP contribution in [0.4, 0.5) is 0 Å². The van der Waals surface area contributed by atoms with Crippen molar-refractivity contribution >= 4 is 0 Å². The zero-order valence-corrected chi connectivity index (χ0v) is 14.7. The van der Waals surface area contributed by atoms with Gasteiger partial charge in [-0.2, -0.15) is 5.10 Å².